The van der Waals surface area contributed by atoms with Crippen molar-refractivity contribution in [2.45, 2.75) is 75.9 Å². The molecule has 0 unspecified atom stereocenters. The van der Waals surface area contributed by atoms with E-state index in [1.54, 1.807) is 0 Å². The van der Waals surface area contributed by atoms with E-state index in [-0.39, 0.29) is 23.2 Å². The quantitative estimate of drug-likeness (QED) is 0.233. The Balaban J connectivity index is 1.27. The minimum Gasteiger partial charge on any atom is -0.379 e. The van der Waals surface area contributed by atoms with Crippen LogP contribution in [0, 0.1) is 11.7 Å². The lowest BCUT2D eigenvalue weighted by atomic mass is 9.82. The highest BCUT2D eigenvalue weighted by atomic mass is 19.1. The number of nitrogens with one attached hydrogen (secondary N) is 3. The van der Waals surface area contributed by atoms with E-state index in [0.29, 0.717) is 42.8 Å². The maximum atomic E-state index is 14.1. The van der Waals surface area contributed by atoms with Crippen molar-refractivity contribution >= 4 is 34.5 Å². The van der Waals surface area contributed by atoms with E-state index >= 15 is 0 Å². The molecule has 1 atom stereocenters. The molecule has 0 radical (unpaired) electrons. The zero-order valence-corrected chi connectivity index (χ0v) is 21.9. The van der Waals surface area contributed by atoms with Gasteiger partial charge in [-0.2, -0.15) is 0 Å². The fraction of sp³-hybridized carbons (Fsp3) is 0.519. The Morgan fingerprint density at radius 2 is 1.82 bits per heavy atom. The van der Waals surface area contributed by atoms with Gasteiger partial charge in [0.05, 0.1) is 29.8 Å². The number of anilines is 3. The van der Waals surface area contributed by atoms with Gasteiger partial charge < -0.3 is 27.4 Å². The molecule has 3 aromatic heterocycles. The van der Waals surface area contributed by atoms with E-state index in [4.69, 9.17) is 11.5 Å². The molecule has 0 saturated heterocycles. The van der Waals surface area contributed by atoms with E-state index < -0.39 is 17.8 Å². The van der Waals surface area contributed by atoms with Crippen LogP contribution >= 0.6 is 0 Å². The summed E-state index contributed by atoms with van der Waals surface area (Å²) in [6.07, 6.45) is 11.6. The summed E-state index contributed by atoms with van der Waals surface area (Å²) in [5.41, 5.74) is 13.1. The first-order valence-electron chi connectivity index (χ1n) is 13.7. The maximum absolute atomic E-state index is 14.1. The maximum Gasteiger partial charge on any atom is 0.276 e. The highest BCUT2D eigenvalue weighted by Crippen LogP contribution is 2.32. The number of ketones is 1. The second-order valence-electron chi connectivity index (χ2n) is 10.6. The molecule has 0 aromatic carbocycles. The Bertz CT molecular complexity index is 1320. The summed E-state index contributed by atoms with van der Waals surface area (Å²) < 4.78 is 15.6. The Kier molecular flexibility index (Phi) is 8.32. The molecule has 2 saturated carbocycles. The monoisotopic (exact) mass is 537 g/mol. The van der Waals surface area contributed by atoms with Crippen molar-refractivity contribution < 1.29 is 14.0 Å². The molecule has 0 spiro atoms. The Hall–Kier alpha value is -3.64. The summed E-state index contributed by atoms with van der Waals surface area (Å²) >= 11 is 0. The third-order valence-electron chi connectivity index (χ3n) is 7.48. The molecule has 12 heteroatoms. The molecule has 0 aliphatic heterocycles. The van der Waals surface area contributed by atoms with Crippen LogP contribution < -0.4 is 27.4 Å². The van der Waals surface area contributed by atoms with Gasteiger partial charge in [-0.1, -0.05) is 0 Å². The number of Topliss-reactive ketones (excluding diaryl/α,β-unsaturated/α-hetero) is 1. The van der Waals surface area contributed by atoms with Gasteiger partial charge in [0, 0.05) is 30.8 Å². The molecule has 3 aromatic rings. The van der Waals surface area contributed by atoms with Gasteiger partial charge in [0.1, 0.15) is 11.6 Å². The Morgan fingerprint density at radius 1 is 1.08 bits per heavy atom. The summed E-state index contributed by atoms with van der Waals surface area (Å²) in [6.45, 7) is 0.546. The summed E-state index contributed by atoms with van der Waals surface area (Å²) in [7, 11) is 0. The third kappa shape index (κ3) is 6.69. The minimum atomic E-state index is -0.624. The highest BCUT2D eigenvalue weighted by molar-refractivity contribution is 6.03. The number of imidazole rings is 1. The average molecular weight is 538 g/mol. The van der Waals surface area contributed by atoms with Crippen molar-refractivity contribution in [3.63, 3.8) is 0 Å². The number of aromatic nitrogens is 4. The Labute approximate surface area is 226 Å². The van der Waals surface area contributed by atoms with E-state index in [2.05, 4.69) is 31.0 Å². The summed E-state index contributed by atoms with van der Waals surface area (Å²) in [5, 5.41) is 14.3. The first-order valence-corrected chi connectivity index (χ1v) is 13.7. The largest absolute Gasteiger partial charge is 0.379 e. The van der Waals surface area contributed by atoms with Crippen molar-refractivity contribution in [1.29, 1.82) is 0 Å². The SMILES string of the molecule is NCCC[C@H](N)C(=O)CC1CCC(Nc2cc(NC3CC3)c3ncc(C(=O)Nc4ccncc4F)n3n2)CC1. The van der Waals surface area contributed by atoms with Crippen LogP contribution in [0.3, 0.4) is 0 Å². The number of halogens is 1. The second-order valence-corrected chi connectivity index (χ2v) is 10.6. The molecule has 3 heterocycles. The number of hydrogen-bond acceptors (Lipinski definition) is 9. The average Bonchev–Trinajstić information content (AvgIpc) is 3.64. The van der Waals surface area contributed by atoms with Gasteiger partial charge in [-0.15, -0.1) is 5.10 Å². The first-order chi connectivity index (χ1) is 18.9. The standard InChI is InChI=1S/C27H36FN9O2/c28-19-14-31-11-9-21(19)35-27(39)23-15-32-26-22(33-17-7-8-17)13-25(36-37(23)26)34-18-5-3-16(4-6-18)12-24(38)20(30)2-1-10-29/h9,11,13-18,20,33H,1-8,10,12,29-30H2,(H,34,36)(H,31,35,39)/t16?,18?,20-/m0/s1. The van der Waals surface area contributed by atoms with E-state index in [9.17, 15) is 14.0 Å². The molecule has 2 fully saturated rings. The number of nitrogens with zero attached hydrogens (tertiary/aromatic N) is 4. The topological polar surface area (TPSA) is 165 Å². The van der Waals surface area contributed by atoms with Gasteiger partial charge >= 0.3 is 0 Å². The van der Waals surface area contributed by atoms with Gasteiger partial charge in [-0.05, 0) is 69.9 Å². The van der Waals surface area contributed by atoms with Crippen LogP contribution in [0.5, 0.6) is 0 Å². The molecule has 11 nitrogen and oxygen atoms in total. The van der Waals surface area contributed by atoms with Gasteiger partial charge in [-0.3, -0.25) is 14.6 Å². The van der Waals surface area contributed by atoms with Crippen LogP contribution in [-0.2, 0) is 4.79 Å². The van der Waals surface area contributed by atoms with Crippen molar-refractivity contribution in [1.82, 2.24) is 19.6 Å². The lowest BCUT2D eigenvalue weighted by Gasteiger charge is -2.29. The molecule has 2 aliphatic carbocycles. The molecule has 0 bridgehead atoms. The van der Waals surface area contributed by atoms with Crippen LogP contribution in [0.4, 0.5) is 21.6 Å². The summed E-state index contributed by atoms with van der Waals surface area (Å²) in [6, 6.07) is 3.46. The molecular formula is C27H36FN9O2. The summed E-state index contributed by atoms with van der Waals surface area (Å²) in [5.74, 6) is -0.0682. The number of carbonyl (C=O) groups excluding carboxylic acids is 2. The highest BCUT2D eigenvalue weighted by Gasteiger charge is 2.27. The van der Waals surface area contributed by atoms with Crippen molar-refractivity contribution in [3.8, 4) is 0 Å². The van der Waals surface area contributed by atoms with Gasteiger partial charge in [-0.25, -0.2) is 13.9 Å². The molecule has 5 rings (SSSR count). The van der Waals surface area contributed by atoms with Gasteiger partial charge in [0.2, 0.25) is 0 Å². The van der Waals surface area contributed by atoms with Crippen molar-refractivity contribution in [2.24, 2.45) is 17.4 Å². The lowest BCUT2D eigenvalue weighted by molar-refractivity contribution is -0.121. The molecular weight excluding hydrogens is 501 g/mol. The summed E-state index contributed by atoms with van der Waals surface area (Å²) in [4.78, 5) is 33.7. The van der Waals surface area contributed by atoms with Crippen LogP contribution in [0.2, 0.25) is 0 Å². The minimum absolute atomic E-state index is 0.0335. The van der Waals surface area contributed by atoms with Crippen LogP contribution in [0.25, 0.3) is 5.65 Å². The fourth-order valence-electron chi connectivity index (χ4n) is 5.07. The van der Waals surface area contributed by atoms with Crippen molar-refractivity contribution in [3.05, 3.63) is 42.2 Å². The number of nitrogens with two attached hydrogens (primary N) is 2. The fourth-order valence-corrected chi connectivity index (χ4v) is 5.07. The van der Waals surface area contributed by atoms with Crippen molar-refractivity contribution in [2.75, 3.05) is 22.5 Å². The van der Waals surface area contributed by atoms with Crippen LogP contribution in [-0.4, -0.2) is 55.9 Å². The predicted molar refractivity (Wildman–Crippen MR) is 147 cm³/mol. The number of amides is 1. The number of fused-ring (bicyclic) bond motifs is 1. The third-order valence-corrected chi connectivity index (χ3v) is 7.48. The predicted octanol–water partition coefficient (Wildman–Crippen LogP) is 3.09. The number of carbonyl (C=O) groups is 2. The first kappa shape index (κ1) is 26.9. The Morgan fingerprint density at radius 3 is 2.54 bits per heavy atom. The molecule has 208 valence electrons. The van der Waals surface area contributed by atoms with Gasteiger partial charge in [0.25, 0.3) is 5.91 Å². The second kappa shape index (κ2) is 12.0. The zero-order chi connectivity index (χ0) is 27.4. The normalized spacial score (nSPS) is 20.0. The van der Waals surface area contributed by atoms with Gasteiger partial charge in [0.15, 0.2) is 17.2 Å². The molecule has 2 aliphatic rings. The van der Waals surface area contributed by atoms with E-state index in [1.807, 2.05) is 6.07 Å². The number of pyridine rings is 1. The number of hydrogen-bond donors (Lipinski definition) is 5. The molecule has 1 amide bonds. The molecule has 39 heavy (non-hydrogen) atoms. The van der Waals surface area contributed by atoms with E-state index in [0.717, 1.165) is 56.8 Å². The smallest absolute Gasteiger partial charge is 0.276 e. The number of rotatable bonds is 12. The lowest BCUT2D eigenvalue weighted by Crippen LogP contribution is -2.34. The van der Waals surface area contributed by atoms with E-state index in [1.165, 1.54) is 23.0 Å². The zero-order valence-electron chi connectivity index (χ0n) is 21.9. The van der Waals surface area contributed by atoms with Crippen LogP contribution in [0.1, 0.15) is 68.3 Å². The van der Waals surface area contributed by atoms with Crippen LogP contribution in [0.15, 0.2) is 30.7 Å². The molecule has 7 N–H and O–H groups in total.